The van der Waals surface area contributed by atoms with Gasteiger partial charge in [-0.3, -0.25) is 4.79 Å². The monoisotopic (exact) mass is 291 g/mol. The Morgan fingerprint density at radius 2 is 2.05 bits per heavy atom. The van der Waals surface area contributed by atoms with Crippen molar-refractivity contribution in [1.29, 1.82) is 0 Å². The van der Waals surface area contributed by atoms with Crippen LogP contribution in [0.25, 0.3) is 0 Å². The van der Waals surface area contributed by atoms with Crippen molar-refractivity contribution >= 4 is 5.91 Å². The fraction of sp³-hybridized carbons (Fsp3) is 0.471. The van der Waals surface area contributed by atoms with E-state index >= 15 is 0 Å². The average molecular weight is 291 g/mol. The van der Waals surface area contributed by atoms with Crippen molar-refractivity contribution in [3.05, 3.63) is 43.0 Å². The highest BCUT2D eigenvalue weighted by Gasteiger charge is 2.34. The zero-order valence-corrected chi connectivity index (χ0v) is 12.7. The first-order chi connectivity index (χ1) is 10.1. The Morgan fingerprint density at radius 3 is 2.62 bits per heavy atom. The highest BCUT2D eigenvalue weighted by atomic mass is 16.7. The van der Waals surface area contributed by atoms with E-state index in [-0.39, 0.29) is 6.42 Å². The molecule has 0 aliphatic carbocycles. The van der Waals surface area contributed by atoms with Gasteiger partial charge in [0.25, 0.3) is 0 Å². The maximum atomic E-state index is 11.4. The molecule has 1 aromatic rings. The number of nitrogens with two attached hydrogens (primary N) is 1. The number of hydrogen-bond acceptors (Lipinski definition) is 3. The van der Waals surface area contributed by atoms with Crippen LogP contribution >= 0.6 is 0 Å². The molecular weight excluding hydrogens is 266 g/mol. The molecule has 116 valence electrons. The molecule has 0 saturated carbocycles. The van der Waals surface area contributed by atoms with Crippen LogP contribution in [-0.2, 0) is 9.53 Å². The minimum atomic E-state index is -1.07. The number of rotatable bonds is 11. The Hall–Kier alpha value is -1.81. The van der Waals surface area contributed by atoms with Gasteiger partial charge in [-0.05, 0) is 18.6 Å². The summed E-state index contributed by atoms with van der Waals surface area (Å²) >= 11 is 0. The van der Waals surface area contributed by atoms with Gasteiger partial charge >= 0.3 is 0 Å². The number of ether oxygens (including phenoxy) is 2. The molecule has 4 nitrogen and oxygen atoms in total. The molecule has 0 heterocycles. The second kappa shape index (κ2) is 9.19. The highest BCUT2D eigenvalue weighted by Crippen LogP contribution is 2.27. The first kappa shape index (κ1) is 17.2. The summed E-state index contributed by atoms with van der Waals surface area (Å²) in [4.78, 5) is 11.4. The Labute approximate surface area is 126 Å². The van der Waals surface area contributed by atoms with Crippen LogP contribution in [0.4, 0.5) is 0 Å². The van der Waals surface area contributed by atoms with Crippen molar-refractivity contribution in [1.82, 2.24) is 0 Å². The van der Waals surface area contributed by atoms with Crippen molar-refractivity contribution in [2.75, 3.05) is 6.61 Å². The molecule has 0 aliphatic heterocycles. The maximum Gasteiger partial charge on any atom is 0.224 e. The van der Waals surface area contributed by atoms with Gasteiger partial charge in [0, 0.05) is 6.42 Å². The topological polar surface area (TPSA) is 61.6 Å². The molecule has 0 radical (unpaired) electrons. The summed E-state index contributed by atoms with van der Waals surface area (Å²) in [6.07, 6.45) is 5.19. The predicted octanol–water partition coefficient (Wildman–Crippen LogP) is 3.42. The van der Waals surface area contributed by atoms with Crippen molar-refractivity contribution in [3.8, 4) is 5.75 Å². The van der Waals surface area contributed by atoms with E-state index in [1.165, 1.54) is 0 Å². The van der Waals surface area contributed by atoms with Crippen LogP contribution in [0.3, 0.4) is 0 Å². The van der Waals surface area contributed by atoms with E-state index < -0.39 is 11.7 Å². The molecule has 0 aliphatic rings. The third-order valence-corrected chi connectivity index (χ3v) is 3.06. The quantitative estimate of drug-likeness (QED) is 0.386. The Morgan fingerprint density at radius 1 is 1.33 bits per heavy atom. The first-order valence-corrected chi connectivity index (χ1v) is 7.39. The number of amides is 1. The lowest BCUT2D eigenvalue weighted by Gasteiger charge is -2.32. The summed E-state index contributed by atoms with van der Waals surface area (Å²) in [5.74, 6) is -0.873. The summed E-state index contributed by atoms with van der Waals surface area (Å²) < 4.78 is 11.8. The van der Waals surface area contributed by atoms with E-state index in [4.69, 9.17) is 15.2 Å². The van der Waals surface area contributed by atoms with Gasteiger partial charge in [0.15, 0.2) is 0 Å². The summed E-state index contributed by atoms with van der Waals surface area (Å²) in [5.41, 5.74) is 5.36. The standard InChI is InChI=1S/C17H25NO3/c1-3-5-9-13-20-17(12-4-2,14-16(18)19)21-15-10-7-6-8-11-15/h4,6-8,10-11H,2-3,5,9,12-14H2,1H3,(H2,18,19). The lowest BCUT2D eigenvalue weighted by atomic mass is 10.1. The molecule has 1 atom stereocenters. The molecule has 2 N–H and O–H groups in total. The number of primary amides is 1. The van der Waals surface area contributed by atoms with Crippen LogP contribution < -0.4 is 10.5 Å². The van der Waals surface area contributed by atoms with Crippen molar-refractivity contribution in [3.63, 3.8) is 0 Å². The van der Waals surface area contributed by atoms with Crippen molar-refractivity contribution in [2.45, 2.75) is 44.8 Å². The molecule has 1 aromatic carbocycles. The molecule has 1 rings (SSSR count). The van der Waals surface area contributed by atoms with Gasteiger partial charge in [0.2, 0.25) is 11.7 Å². The molecule has 1 amide bonds. The summed E-state index contributed by atoms with van der Waals surface area (Å²) in [6, 6.07) is 9.30. The van der Waals surface area contributed by atoms with E-state index in [0.717, 1.165) is 19.3 Å². The molecule has 0 aromatic heterocycles. The number of carbonyl (C=O) groups is 1. The molecule has 0 fully saturated rings. The fourth-order valence-electron chi connectivity index (χ4n) is 2.09. The number of unbranched alkanes of at least 4 members (excludes halogenated alkanes) is 2. The van der Waals surface area contributed by atoms with Gasteiger partial charge in [0.1, 0.15) is 5.75 Å². The smallest absolute Gasteiger partial charge is 0.224 e. The minimum absolute atomic E-state index is 0.0000390. The van der Waals surface area contributed by atoms with Crippen molar-refractivity contribution < 1.29 is 14.3 Å². The number of para-hydroxylation sites is 1. The van der Waals surface area contributed by atoms with Gasteiger partial charge in [-0.2, -0.15) is 0 Å². The van der Waals surface area contributed by atoms with E-state index in [2.05, 4.69) is 13.5 Å². The van der Waals surface area contributed by atoms with Crippen LogP contribution in [0, 0.1) is 0 Å². The van der Waals surface area contributed by atoms with Crippen molar-refractivity contribution in [2.24, 2.45) is 5.73 Å². The Bertz CT molecular complexity index is 433. The third kappa shape index (κ3) is 6.45. The molecule has 0 spiro atoms. The van der Waals surface area contributed by atoms with E-state index in [9.17, 15) is 4.79 Å². The zero-order chi connectivity index (χ0) is 15.6. The normalized spacial score (nSPS) is 13.4. The van der Waals surface area contributed by atoms with Gasteiger partial charge in [0.05, 0.1) is 13.0 Å². The molecule has 0 saturated heterocycles. The minimum Gasteiger partial charge on any atom is -0.461 e. The molecule has 4 heteroatoms. The Balaban J connectivity index is 2.82. The third-order valence-electron chi connectivity index (χ3n) is 3.06. The second-order valence-corrected chi connectivity index (χ2v) is 5.02. The molecular formula is C17H25NO3. The molecule has 21 heavy (non-hydrogen) atoms. The largest absolute Gasteiger partial charge is 0.461 e. The van der Waals surface area contributed by atoms with Gasteiger partial charge in [-0.25, -0.2) is 0 Å². The fourth-order valence-corrected chi connectivity index (χ4v) is 2.09. The van der Waals surface area contributed by atoms with Crippen LogP contribution in [0.1, 0.15) is 39.0 Å². The lowest BCUT2D eigenvalue weighted by molar-refractivity contribution is -0.187. The number of hydrogen-bond donors (Lipinski definition) is 1. The first-order valence-electron chi connectivity index (χ1n) is 7.39. The number of carbonyl (C=O) groups excluding carboxylic acids is 1. The summed E-state index contributed by atoms with van der Waals surface area (Å²) in [7, 11) is 0. The lowest BCUT2D eigenvalue weighted by Crippen LogP contribution is -2.43. The number of benzene rings is 1. The Kier molecular flexibility index (Phi) is 7.54. The SMILES string of the molecule is C=CCC(CC(N)=O)(OCCCCC)Oc1ccccc1. The second-order valence-electron chi connectivity index (χ2n) is 5.02. The van der Waals surface area contributed by atoms with E-state index in [1.54, 1.807) is 6.08 Å². The molecule has 1 unspecified atom stereocenters. The van der Waals surface area contributed by atoms with Crippen LogP contribution in [-0.4, -0.2) is 18.3 Å². The highest BCUT2D eigenvalue weighted by molar-refractivity contribution is 5.74. The van der Waals surface area contributed by atoms with Crippen LogP contribution in [0.15, 0.2) is 43.0 Å². The van der Waals surface area contributed by atoms with Gasteiger partial charge in [-0.15, -0.1) is 6.58 Å². The summed E-state index contributed by atoms with van der Waals surface area (Å²) in [5, 5.41) is 0. The zero-order valence-electron chi connectivity index (χ0n) is 12.7. The summed E-state index contributed by atoms with van der Waals surface area (Å²) in [6.45, 7) is 6.38. The van der Waals surface area contributed by atoms with E-state index in [0.29, 0.717) is 18.8 Å². The average Bonchev–Trinajstić information content (AvgIpc) is 2.44. The van der Waals surface area contributed by atoms with Gasteiger partial charge < -0.3 is 15.2 Å². The van der Waals surface area contributed by atoms with Crippen LogP contribution in [0.2, 0.25) is 0 Å². The van der Waals surface area contributed by atoms with E-state index in [1.807, 2.05) is 30.3 Å². The maximum absolute atomic E-state index is 11.4. The van der Waals surface area contributed by atoms with Gasteiger partial charge in [-0.1, -0.05) is 44.0 Å². The molecule has 0 bridgehead atoms. The van der Waals surface area contributed by atoms with Crippen LogP contribution in [0.5, 0.6) is 5.75 Å². The predicted molar refractivity (Wildman–Crippen MR) is 83.9 cm³/mol.